The summed E-state index contributed by atoms with van der Waals surface area (Å²) in [4.78, 5) is 0. The predicted octanol–water partition coefficient (Wildman–Crippen LogP) is 4.14. The Bertz CT molecular complexity index is 358. The summed E-state index contributed by atoms with van der Waals surface area (Å²) in [6.07, 6.45) is -4.43. The van der Waals surface area contributed by atoms with Crippen LogP contribution in [0, 0.1) is 5.82 Å². The first-order valence-electron chi connectivity index (χ1n) is 4.49. The van der Waals surface area contributed by atoms with E-state index in [1.54, 1.807) is 20.8 Å². The topological polar surface area (TPSA) is 0 Å². The molecule has 0 heterocycles. The van der Waals surface area contributed by atoms with Crippen LogP contribution >= 0.6 is 0 Å². The normalized spacial score (nSPS) is 13.0. The minimum atomic E-state index is -4.43. The monoisotopic (exact) mass is 220 g/mol. The zero-order valence-electron chi connectivity index (χ0n) is 8.74. The highest BCUT2D eigenvalue weighted by Crippen LogP contribution is 2.37. The Morgan fingerprint density at radius 3 is 1.87 bits per heavy atom. The molecular weight excluding hydrogens is 208 g/mol. The lowest BCUT2D eigenvalue weighted by atomic mass is 9.83. The van der Waals surface area contributed by atoms with Gasteiger partial charge in [-0.25, -0.2) is 4.39 Å². The van der Waals surface area contributed by atoms with Gasteiger partial charge in [-0.15, -0.1) is 0 Å². The van der Waals surface area contributed by atoms with Crippen molar-refractivity contribution in [3.63, 3.8) is 0 Å². The molecule has 1 aromatic rings. The van der Waals surface area contributed by atoms with Crippen LogP contribution in [-0.2, 0) is 11.6 Å². The number of rotatable bonds is 0. The Hall–Kier alpha value is -1.06. The predicted molar refractivity (Wildman–Crippen MR) is 50.1 cm³/mol. The molecule has 0 radical (unpaired) electrons. The van der Waals surface area contributed by atoms with Crippen molar-refractivity contribution in [3.05, 3.63) is 35.1 Å². The van der Waals surface area contributed by atoms with Crippen LogP contribution in [0.3, 0.4) is 0 Å². The first-order valence-corrected chi connectivity index (χ1v) is 4.49. The van der Waals surface area contributed by atoms with Crippen LogP contribution in [0.1, 0.15) is 31.9 Å². The maximum Gasteiger partial charge on any atom is 0.416 e. The van der Waals surface area contributed by atoms with E-state index in [1.165, 1.54) is 0 Å². The van der Waals surface area contributed by atoms with Gasteiger partial charge in [-0.1, -0.05) is 20.8 Å². The second kappa shape index (κ2) is 3.51. The van der Waals surface area contributed by atoms with Crippen molar-refractivity contribution >= 4 is 0 Å². The Balaban J connectivity index is 3.41. The SMILES string of the molecule is CC(C)(C)c1cc(F)ccc1C(F)(F)F. The summed E-state index contributed by atoms with van der Waals surface area (Å²) >= 11 is 0. The van der Waals surface area contributed by atoms with Crippen molar-refractivity contribution in [3.8, 4) is 0 Å². The highest BCUT2D eigenvalue weighted by molar-refractivity contribution is 5.35. The average Bonchev–Trinajstić information content (AvgIpc) is 2.00. The number of halogens is 4. The number of benzene rings is 1. The van der Waals surface area contributed by atoms with Crippen molar-refractivity contribution in [2.45, 2.75) is 32.4 Å². The molecule has 0 aliphatic rings. The Kier molecular flexibility index (Phi) is 2.81. The van der Waals surface area contributed by atoms with E-state index in [4.69, 9.17) is 0 Å². The van der Waals surface area contributed by atoms with Gasteiger partial charge in [0.05, 0.1) is 5.56 Å². The molecule has 0 fully saturated rings. The van der Waals surface area contributed by atoms with Gasteiger partial charge >= 0.3 is 6.18 Å². The maximum absolute atomic E-state index is 12.9. The van der Waals surface area contributed by atoms with Crippen LogP contribution in [0.15, 0.2) is 18.2 Å². The number of hydrogen-bond donors (Lipinski definition) is 0. The fourth-order valence-electron chi connectivity index (χ4n) is 1.38. The second-order valence-corrected chi connectivity index (χ2v) is 4.44. The second-order valence-electron chi connectivity index (χ2n) is 4.44. The number of hydrogen-bond acceptors (Lipinski definition) is 0. The van der Waals surface area contributed by atoms with Crippen LogP contribution in [0.25, 0.3) is 0 Å². The Morgan fingerprint density at radius 2 is 1.47 bits per heavy atom. The van der Waals surface area contributed by atoms with Gasteiger partial charge in [-0.3, -0.25) is 0 Å². The summed E-state index contributed by atoms with van der Waals surface area (Å²) < 4.78 is 50.7. The van der Waals surface area contributed by atoms with Gasteiger partial charge in [0, 0.05) is 0 Å². The third kappa shape index (κ3) is 2.70. The zero-order valence-corrected chi connectivity index (χ0v) is 8.74. The molecule has 1 aromatic carbocycles. The molecule has 4 heteroatoms. The smallest absolute Gasteiger partial charge is 0.207 e. The van der Waals surface area contributed by atoms with E-state index in [-0.39, 0.29) is 5.56 Å². The molecule has 0 N–H and O–H groups in total. The van der Waals surface area contributed by atoms with Crippen molar-refractivity contribution in [1.29, 1.82) is 0 Å². The lowest BCUT2D eigenvalue weighted by Crippen LogP contribution is -2.19. The largest absolute Gasteiger partial charge is 0.416 e. The fourth-order valence-corrected chi connectivity index (χ4v) is 1.38. The van der Waals surface area contributed by atoms with E-state index in [0.29, 0.717) is 0 Å². The summed E-state index contributed by atoms with van der Waals surface area (Å²) in [5, 5.41) is 0. The van der Waals surface area contributed by atoms with Crippen molar-refractivity contribution < 1.29 is 17.6 Å². The third-order valence-electron chi connectivity index (χ3n) is 2.10. The molecule has 0 atom stereocenters. The highest BCUT2D eigenvalue weighted by atomic mass is 19.4. The molecule has 0 saturated carbocycles. The van der Waals surface area contributed by atoms with Crippen LogP contribution in [0.2, 0.25) is 0 Å². The molecule has 1 rings (SSSR count). The van der Waals surface area contributed by atoms with Gasteiger partial charge in [0.1, 0.15) is 5.82 Å². The van der Waals surface area contributed by atoms with Crippen molar-refractivity contribution in [2.24, 2.45) is 0 Å². The molecule has 0 aromatic heterocycles. The van der Waals surface area contributed by atoms with E-state index in [1.807, 2.05) is 0 Å². The van der Waals surface area contributed by atoms with E-state index in [0.717, 1.165) is 18.2 Å². The lowest BCUT2D eigenvalue weighted by molar-refractivity contribution is -0.138. The quantitative estimate of drug-likeness (QED) is 0.576. The van der Waals surface area contributed by atoms with Gasteiger partial charge < -0.3 is 0 Å². The zero-order chi connectivity index (χ0) is 11.9. The van der Waals surface area contributed by atoms with E-state index >= 15 is 0 Å². The van der Waals surface area contributed by atoms with Crippen molar-refractivity contribution in [1.82, 2.24) is 0 Å². The summed E-state index contributed by atoms with van der Waals surface area (Å²) in [7, 11) is 0. The fraction of sp³-hybridized carbons (Fsp3) is 0.455. The van der Waals surface area contributed by atoms with Crippen LogP contribution < -0.4 is 0 Å². The van der Waals surface area contributed by atoms with E-state index < -0.39 is 23.0 Å². The maximum atomic E-state index is 12.9. The molecular formula is C11H12F4. The minimum Gasteiger partial charge on any atom is -0.207 e. The third-order valence-corrected chi connectivity index (χ3v) is 2.10. The molecule has 0 saturated heterocycles. The molecule has 0 amide bonds. The van der Waals surface area contributed by atoms with Gasteiger partial charge in [0.15, 0.2) is 0 Å². The van der Waals surface area contributed by atoms with Gasteiger partial charge in [-0.2, -0.15) is 13.2 Å². The summed E-state index contributed by atoms with van der Waals surface area (Å²) in [6, 6.07) is 2.57. The Morgan fingerprint density at radius 1 is 0.933 bits per heavy atom. The standard InChI is InChI=1S/C11H12F4/c1-10(2,3)9-6-7(12)4-5-8(9)11(13,14)15/h4-6H,1-3H3. The van der Waals surface area contributed by atoms with Gasteiger partial charge in [-0.05, 0) is 29.2 Å². The first kappa shape index (κ1) is 12.0. The first-order chi connectivity index (χ1) is 6.62. The average molecular weight is 220 g/mol. The Labute approximate surface area is 85.9 Å². The van der Waals surface area contributed by atoms with E-state index in [2.05, 4.69) is 0 Å². The molecule has 15 heavy (non-hydrogen) atoms. The van der Waals surface area contributed by atoms with Crippen LogP contribution in [-0.4, -0.2) is 0 Å². The lowest BCUT2D eigenvalue weighted by Gasteiger charge is -2.24. The van der Waals surface area contributed by atoms with Crippen LogP contribution in [0.5, 0.6) is 0 Å². The minimum absolute atomic E-state index is 0.0185. The van der Waals surface area contributed by atoms with E-state index in [9.17, 15) is 17.6 Å². The van der Waals surface area contributed by atoms with Gasteiger partial charge in [0.25, 0.3) is 0 Å². The van der Waals surface area contributed by atoms with Gasteiger partial charge in [0.2, 0.25) is 0 Å². The summed E-state index contributed by atoms with van der Waals surface area (Å²) in [5.74, 6) is -0.645. The molecule has 0 spiro atoms. The molecule has 0 aliphatic heterocycles. The molecule has 0 nitrogen and oxygen atoms in total. The molecule has 0 bridgehead atoms. The molecule has 84 valence electrons. The summed E-state index contributed by atoms with van der Waals surface area (Å²) in [6.45, 7) is 4.87. The van der Waals surface area contributed by atoms with Crippen LogP contribution in [0.4, 0.5) is 17.6 Å². The molecule has 0 aliphatic carbocycles. The molecule has 0 unspecified atom stereocenters. The summed E-state index contributed by atoms with van der Waals surface area (Å²) in [5.41, 5.74) is -1.51. The highest BCUT2D eigenvalue weighted by Gasteiger charge is 2.36. The number of alkyl halides is 3. The van der Waals surface area contributed by atoms with Crippen molar-refractivity contribution in [2.75, 3.05) is 0 Å².